The van der Waals surface area contributed by atoms with Gasteiger partial charge in [-0.15, -0.1) is 0 Å². The summed E-state index contributed by atoms with van der Waals surface area (Å²) in [6.07, 6.45) is 3.19. The van der Waals surface area contributed by atoms with Gasteiger partial charge in [0, 0.05) is 5.56 Å². The van der Waals surface area contributed by atoms with E-state index in [0.29, 0.717) is 0 Å². The summed E-state index contributed by atoms with van der Waals surface area (Å²) in [6.45, 7) is 1.75. The van der Waals surface area contributed by atoms with Crippen molar-refractivity contribution in [2.75, 3.05) is 0 Å². The summed E-state index contributed by atoms with van der Waals surface area (Å²) in [4.78, 5) is 0. The van der Waals surface area contributed by atoms with Gasteiger partial charge in [-0.1, -0.05) is 12.2 Å². The fourth-order valence-electron chi connectivity index (χ4n) is 0.822. The van der Waals surface area contributed by atoms with E-state index in [9.17, 15) is 8.78 Å². The first-order valence-corrected chi connectivity index (χ1v) is 3.32. The van der Waals surface area contributed by atoms with E-state index in [0.717, 1.165) is 18.2 Å². The average Bonchev–Trinajstić information content (AvgIpc) is 1.98. The van der Waals surface area contributed by atoms with Crippen molar-refractivity contribution in [1.29, 1.82) is 0 Å². The highest BCUT2D eigenvalue weighted by atomic mass is 19.1. The Balaban J connectivity index is 3.12. The monoisotopic (exact) mass is 154 g/mol. The summed E-state index contributed by atoms with van der Waals surface area (Å²) in [7, 11) is 0. The molecule has 0 radical (unpaired) electrons. The molecular weight excluding hydrogens is 146 g/mol. The van der Waals surface area contributed by atoms with Crippen LogP contribution in [-0.2, 0) is 0 Å². The minimum absolute atomic E-state index is 0.285. The lowest BCUT2D eigenvalue weighted by atomic mass is 10.2. The molecule has 0 amide bonds. The molecule has 0 saturated carbocycles. The molecule has 0 N–H and O–H groups in total. The van der Waals surface area contributed by atoms with Crippen LogP contribution in [0.3, 0.4) is 0 Å². The lowest BCUT2D eigenvalue weighted by Gasteiger charge is -1.94. The predicted molar refractivity (Wildman–Crippen MR) is 41.1 cm³/mol. The van der Waals surface area contributed by atoms with Gasteiger partial charge in [0.15, 0.2) is 0 Å². The standard InChI is InChI=1S/C9H8F2/c1-2-3-7-6-8(10)4-5-9(7)11/h2-6H,1H3. The maximum absolute atomic E-state index is 12.7. The molecule has 0 saturated heterocycles. The summed E-state index contributed by atoms with van der Waals surface area (Å²) >= 11 is 0. The molecule has 1 aromatic rings. The van der Waals surface area contributed by atoms with E-state index in [-0.39, 0.29) is 5.56 Å². The Bertz CT molecular complexity index is 277. The van der Waals surface area contributed by atoms with E-state index in [2.05, 4.69) is 0 Å². The van der Waals surface area contributed by atoms with E-state index < -0.39 is 11.6 Å². The van der Waals surface area contributed by atoms with E-state index in [1.807, 2.05) is 0 Å². The molecule has 0 bridgehead atoms. The van der Waals surface area contributed by atoms with Crippen LogP contribution in [0.2, 0.25) is 0 Å². The zero-order chi connectivity index (χ0) is 8.27. The van der Waals surface area contributed by atoms with Crippen molar-refractivity contribution in [2.45, 2.75) is 6.92 Å². The van der Waals surface area contributed by atoms with Crippen molar-refractivity contribution in [2.24, 2.45) is 0 Å². The maximum Gasteiger partial charge on any atom is 0.130 e. The molecule has 0 aromatic heterocycles. The van der Waals surface area contributed by atoms with Crippen molar-refractivity contribution in [3.8, 4) is 0 Å². The van der Waals surface area contributed by atoms with Gasteiger partial charge in [-0.05, 0) is 25.1 Å². The van der Waals surface area contributed by atoms with Gasteiger partial charge in [0.1, 0.15) is 11.6 Å². The molecule has 0 fully saturated rings. The van der Waals surface area contributed by atoms with Crippen LogP contribution in [0.25, 0.3) is 6.08 Å². The molecular formula is C9H8F2. The second-order valence-electron chi connectivity index (χ2n) is 2.17. The molecule has 0 nitrogen and oxygen atoms in total. The minimum atomic E-state index is -0.417. The molecule has 0 heterocycles. The van der Waals surface area contributed by atoms with Gasteiger partial charge in [-0.2, -0.15) is 0 Å². The lowest BCUT2D eigenvalue weighted by molar-refractivity contribution is 0.598. The summed E-state index contributed by atoms with van der Waals surface area (Å²) in [5.74, 6) is -0.816. The highest BCUT2D eigenvalue weighted by Gasteiger charge is 1.98. The summed E-state index contributed by atoms with van der Waals surface area (Å²) in [5.41, 5.74) is 0.285. The second kappa shape index (κ2) is 3.28. The van der Waals surface area contributed by atoms with Gasteiger partial charge in [0.25, 0.3) is 0 Å². The fraction of sp³-hybridized carbons (Fsp3) is 0.111. The number of allylic oxidation sites excluding steroid dienone is 1. The van der Waals surface area contributed by atoms with Crippen molar-refractivity contribution >= 4 is 6.08 Å². The van der Waals surface area contributed by atoms with Gasteiger partial charge >= 0.3 is 0 Å². The summed E-state index contributed by atoms with van der Waals surface area (Å²) in [6, 6.07) is 3.38. The van der Waals surface area contributed by atoms with Crippen molar-refractivity contribution < 1.29 is 8.78 Å². The smallest absolute Gasteiger partial charge is 0.130 e. The molecule has 58 valence electrons. The Kier molecular flexibility index (Phi) is 2.36. The normalized spacial score (nSPS) is 10.8. The van der Waals surface area contributed by atoms with Crippen molar-refractivity contribution in [1.82, 2.24) is 0 Å². The Morgan fingerprint density at radius 1 is 1.27 bits per heavy atom. The van der Waals surface area contributed by atoms with Crippen LogP contribution in [0.15, 0.2) is 24.3 Å². The third-order valence-corrected chi connectivity index (χ3v) is 1.30. The molecule has 0 aliphatic carbocycles. The number of hydrogen-bond donors (Lipinski definition) is 0. The molecule has 11 heavy (non-hydrogen) atoms. The van der Waals surface area contributed by atoms with Gasteiger partial charge in [0.05, 0.1) is 0 Å². The summed E-state index contributed by atoms with van der Waals surface area (Å²) in [5, 5.41) is 0. The largest absolute Gasteiger partial charge is 0.207 e. The molecule has 0 spiro atoms. The zero-order valence-electron chi connectivity index (χ0n) is 6.14. The molecule has 1 rings (SSSR count). The van der Waals surface area contributed by atoms with Crippen molar-refractivity contribution in [3.05, 3.63) is 41.5 Å². The lowest BCUT2D eigenvalue weighted by Crippen LogP contribution is -1.82. The second-order valence-corrected chi connectivity index (χ2v) is 2.17. The minimum Gasteiger partial charge on any atom is -0.207 e. The van der Waals surface area contributed by atoms with Crippen molar-refractivity contribution in [3.63, 3.8) is 0 Å². The van der Waals surface area contributed by atoms with Gasteiger partial charge in [0.2, 0.25) is 0 Å². The maximum atomic E-state index is 12.7. The highest BCUT2D eigenvalue weighted by Crippen LogP contribution is 2.10. The van der Waals surface area contributed by atoms with Crippen LogP contribution >= 0.6 is 0 Å². The first-order valence-electron chi connectivity index (χ1n) is 3.32. The first kappa shape index (κ1) is 7.92. The molecule has 0 atom stereocenters. The van der Waals surface area contributed by atoms with Crippen LogP contribution in [0.5, 0.6) is 0 Å². The van der Waals surface area contributed by atoms with E-state index >= 15 is 0 Å². The SMILES string of the molecule is CC=Cc1cc(F)ccc1F. The zero-order valence-corrected chi connectivity index (χ0v) is 6.14. The molecule has 0 unspecified atom stereocenters. The van der Waals surface area contributed by atoms with E-state index in [1.165, 1.54) is 6.08 Å². The third-order valence-electron chi connectivity index (χ3n) is 1.30. The number of benzene rings is 1. The summed E-state index contributed by atoms with van der Waals surface area (Å²) < 4.78 is 25.2. The molecule has 1 aromatic carbocycles. The predicted octanol–water partition coefficient (Wildman–Crippen LogP) is 3.00. The Labute approximate surface area is 64.2 Å². The van der Waals surface area contributed by atoms with Crippen LogP contribution < -0.4 is 0 Å². The van der Waals surface area contributed by atoms with E-state index in [1.54, 1.807) is 13.0 Å². The number of halogens is 2. The third kappa shape index (κ3) is 1.87. The number of rotatable bonds is 1. The molecule has 0 aliphatic rings. The van der Waals surface area contributed by atoms with Gasteiger partial charge < -0.3 is 0 Å². The Morgan fingerprint density at radius 2 is 2.00 bits per heavy atom. The molecule has 0 aliphatic heterocycles. The van der Waals surface area contributed by atoms with E-state index in [4.69, 9.17) is 0 Å². The Hall–Kier alpha value is -1.18. The highest BCUT2D eigenvalue weighted by molar-refractivity contribution is 5.49. The first-order chi connectivity index (χ1) is 5.24. The van der Waals surface area contributed by atoms with Crippen LogP contribution in [0.1, 0.15) is 12.5 Å². The topological polar surface area (TPSA) is 0 Å². The quantitative estimate of drug-likeness (QED) is 0.583. The van der Waals surface area contributed by atoms with Gasteiger partial charge in [-0.3, -0.25) is 0 Å². The fourth-order valence-corrected chi connectivity index (χ4v) is 0.822. The number of hydrogen-bond acceptors (Lipinski definition) is 0. The van der Waals surface area contributed by atoms with Gasteiger partial charge in [-0.25, -0.2) is 8.78 Å². The Morgan fingerprint density at radius 3 is 2.64 bits per heavy atom. The van der Waals surface area contributed by atoms with Crippen LogP contribution in [-0.4, -0.2) is 0 Å². The average molecular weight is 154 g/mol. The van der Waals surface area contributed by atoms with Crippen LogP contribution in [0.4, 0.5) is 8.78 Å². The molecule has 2 heteroatoms. The van der Waals surface area contributed by atoms with Crippen LogP contribution in [0, 0.1) is 11.6 Å².